The summed E-state index contributed by atoms with van der Waals surface area (Å²) in [5, 5.41) is 6.25. The predicted molar refractivity (Wildman–Crippen MR) is 89.1 cm³/mol. The van der Waals surface area contributed by atoms with Crippen LogP contribution in [0.5, 0.6) is 0 Å². The third-order valence-corrected chi connectivity index (χ3v) is 3.37. The van der Waals surface area contributed by atoms with E-state index in [0.717, 1.165) is 23.5 Å². The zero-order valence-electron chi connectivity index (χ0n) is 12.8. The molecule has 2 N–H and O–H groups in total. The first-order valence-corrected chi connectivity index (χ1v) is 7.36. The van der Waals surface area contributed by atoms with E-state index in [-0.39, 0.29) is 5.91 Å². The van der Waals surface area contributed by atoms with Crippen molar-refractivity contribution in [2.24, 2.45) is 0 Å². The lowest BCUT2D eigenvalue weighted by Crippen LogP contribution is -2.16. The van der Waals surface area contributed by atoms with E-state index in [1.807, 2.05) is 49.4 Å². The number of amides is 1. The zero-order chi connectivity index (χ0) is 15.2. The molecule has 2 rings (SSSR count). The van der Waals surface area contributed by atoms with Crippen LogP contribution in [0.4, 0.5) is 11.4 Å². The second-order valence-corrected chi connectivity index (χ2v) is 5.27. The summed E-state index contributed by atoms with van der Waals surface area (Å²) in [6, 6.07) is 15.5. The lowest BCUT2D eigenvalue weighted by Gasteiger charge is -2.15. The molecule has 0 saturated carbocycles. The highest BCUT2D eigenvalue weighted by molar-refractivity contribution is 6.08. The average molecular weight is 282 g/mol. The molecule has 0 saturated heterocycles. The molecule has 0 aliphatic rings. The van der Waals surface area contributed by atoms with Gasteiger partial charge >= 0.3 is 0 Å². The molecule has 21 heavy (non-hydrogen) atoms. The summed E-state index contributed by atoms with van der Waals surface area (Å²) < 4.78 is 0. The average Bonchev–Trinajstić information content (AvgIpc) is 2.48. The minimum atomic E-state index is -0.0837. The number of rotatable bonds is 5. The van der Waals surface area contributed by atoms with E-state index in [0.29, 0.717) is 11.5 Å². The summed E-state index contributed by atoms with van der Waals surface area (Å²) in [4.78, 5) is 12.5. The quantitative estimate of drug-likeness (QED) is 0.848. The van der Waals surface area contributed by atoms with Crippen LogP contribution in [-0.4, -0.2) is 12.5 Å². The van der Waals surface area contributed by atoms with Gasteiger partial charge in [0, 0.05) is 17.9 Å². The van der Waals surface area contributed by atoms with Crippen LogP contribution in [0.15, 0.2) is 48.5 Å². The van der Waals surface area contributed by atoms with Crippen molar-refractivity contribution >= 4 is 17.3 Å². The van der Waals surface area contributed by atoms with Crippen LogP contribution in [0, 0.1) is 0 Å². The molecule has 0 radical (unpaired) electrons. The number of benzene rings is 2. The third kappa shape index (κ3) is 3.63. The Labute approximate surface area is 126 Å². The van der Waals surface area contributed by atoms with Crippen molar-refractivity contribution in [2.75, 3.05) is 17.2 Å². The fourth-order valence-electron chi connectivity index (χ4n) is 2.33. The standard InChI is InChI=1S/C18H22N2O/c1-4-19-16-11-7-6-10-15(16)18(21)20-17-12-8-5-9-14(17)13(2)3/h5-13,19H,4H2,1-3H3,(H,20,21). The fraction of sp³-hybridized carbons (Fsp3) is 0.278. The van der Waals surface area contributed by atoms with Gasteiger partial charge in [0.15, 0.2) is 0 Å². The van der Waals surface area contributed by atoms with E-state index < -0.39 is 0 Å². The Morgan fingerprint density at radius 2 is 1.62 bits per heavy atom. The minimum Gasteiger partial charge on any atom is -0.385 e. The van der Waals surface area contributed by atoms with Gasteiger partial charge in [-0.05, 0) is 36.6 Å². The first kappa shape index (κ1) is 15.1. The molecule has 0 bridgehead atoms. The molecular formula is C18H22N2O. The van der Waals surface area contributed by atoms with Crippen molar-refractivity contribution < 1.29 is 4.79 Å². The van der Waals surface area contributed by atoms with Crippen LogP contribution < -0.4 is 10.6 Å². The first-order chi connectivity index (χ1) is 10.1. The van der Waals surface area contributed by atoms with Gasteiger partial charge in [0.05, 0.1) is 5.56 Å². The smallest absolute Gasteiger partial charge is 0.257 e. The summed E-state index contributed by atoms with van der Waals surface area (Å²) in [6.07, 6.45) is 0. The Hall–Kier alpha value is -2.29. The van der Waals surface area contributed by atoms with Crippen LogP contribution in [-0.2, 0) is 0 Å². The molecular weight excluding hydrogens is 260 g/mol. The summed E-state index contributed by atoms with van der Waals surface area (Å²) in [5.41, 5.74) is 3.55. The molecule has 0 atom stereocenters. The fourth-order valence-corrected chi connectivity index (χ4v) is 2.33. The largest absolute Gasteiger partial charge is 0.385 e. The molecule has 1 amide bonds. The Bertz CT molecular complexity index is 620. The number of carbonyl (C=O) groups is 1. The number of nitrogens with one attached hydrogen (secondary N) is 2. The van der Waals surface area contributed by atoms with Crippen LogP contribution in [0.2, 0.25) is 0 Å². The lowest BCUT2D eigenvalue weighted by molar-refractivity contribution is 0.102. The molecule has 2 aromatic carbocycles. The van der Waals surface area contributed by atoms with Gasteiger partial charge in [0.2, 0.25) is 0 Å². The van der Waals surface area contributed by atoms with Crippen molar-refractivity contribution in [3.8, 4) is 0 Å². The SMILES string of the molecule is CCNc1ccccc1C(=O)Nc1ccccc1C(C)C. The Kier molecular flexibility index (Phi) is 4.99. The van der Waals surface area contributed by atoms with Gasteiger partial charge in [0.25, 0.3) is 5.91 Å². The second-order valence-electron chi connectivity index (χ2n) is 5.27. The van der Waals surface area contributed by atoms with Crippen molar-refractivity contribution in [3.63, 3.8) is 0 Å². The normalized spacial score (nSPS) is 10.5. The molecule has 110 valence electrons. The molecule has 2 aromatic rings. The number of hydrogen-bond donors (Lipinski definition) is 2. The second kappa shape index (κ2) is 6.93. The van der Waals surface area contributed by atoms with Crippen molar-refractivity contribution in [3.05, 3.63) is 59.7 Å². The van der Waals surface area contributed by atoms with E-state index in [1.54, 1.807) is 0 Å². The van der Waals surface area contributed by atoms with Gasteiger partial charge in [-0.15, -0.1) is 0 Å². The minimum absolute atomic E-state index is 0.0837. The molecule has 0 heterocycles. The molecule has 3 heteroatoms. The van der Waals surface area contributed by atoms with Crippen LogP contribution in [0.3, 0.4) is 0 Å². The van der Waals surface area contributed by atoms with Crippen molar-refractivity contribution in [2.45, 2.75) is 26.7 Å². The molecule has 0 fully saturated rings. The van der Waals surface area contributed by atoms with E-state index in [1.165, 1.54) is 0 Å². The summed E-state index contributed by atoms with van der Waals surface area (Å²) >= 11 is 0. The highest BCUT2D eigenvalue weighted by Crippen LogP contribution is 2.25. The first-order valence-electron chi connectivity index (χ1n) is 7.36. The molecule has 0 unspecified atom stereocenters. The maximum atomic E-state index is 12.5. The van der Waals surface area contributed by atoms with Gasteiger partial charge in [-0.25, -0.2) is 0 Å². The maximum absolute atomic E-state index is 12.5. The van der Waals surface area contributed by atoms with Gasteiger partial charge in [-0.3, -0.25) is 4.79 Å². The van der Waals surface area contributed by atoms with E-state index >= 15 is 0 Å². The monoisotopic (exact) mass is 282 g/mol. The Morgan fingerprint density at radius 3 is 2.29 bits per heavy atom. The number of anilines is 2. The Balaban J connectivity index is 2.27. The molecule has 0 aromatic heterocycles. The number of para-hydroxylation sites is 2. The van der Waals surface area contributed by atoms with Gasteiger partial charge in [0.1, 0.15) is 0 Å². The summed E-state index contributed by atoms with van der Waals surface area (Å²) in [6.45, 7) is 7.05. The zero-order valence-corrected chi connectivity index (χ0v) is 12.8. The van der Waals surface area contributed by atoms with E-state index in [2.05, 4.69) is 30.5 Å². The van der Waals surface area contributed by atoms with Crippen LogP contribution >= 0.6 is 0 Å². The van der Waals surface area contributed by atoms with Crippen molar-refractivity contribution in [1.82, 2.24) is 0 Å². The number of carbonyl (C=O) groups excluding carboxylic acids is 1. The van der Waals surface area contributed by atoms with Crippen LogP contribution in [0.1, 0.15) is 42.6 Å². The molecule has 0 aliphatic heterocycles. The predicted octanol–water partition coefficient (Wildman–Crippen LogP) is 4.49. The van der Waals surface area contributed by atoms with Gasteiger partial charge < -0.3 is 10.6 Å². The highest BCUT2D eigenvalue weighted by atomic mass is 16.1. The lowest BCUT2D eigenvalue weighted by atomic mass is 10.0. The van der Waals surface area contributed by atoms with E-state index in [9.17, 15) is 4.79 Å². The molecule has 3 nitrogen and oxygen atoms in total. The van der Waals surface area contributed by atoms with Crippen molar-refractivity contribution in [1.29, 1.82) is 0 Å². The summed E-state index contributed by atoms with van der Waals surface area (Å²) in [5.74, 6) is 0.283. The van der Waals surface area contributed by atoms with E-state index in [4.69, 9.17) is 0 Å². The third-order valence-electron chi connectivity index (χ3n) is 3.37. The van der Waals surface area contributed by atoms with Gasteiger partial charge in [-0.1, -0.05) is 44.2 Å². The Morgan fingerprint density at radius 1 is 1.00 bits per heavy atom. The topological polar surface area (TPSA) is 41.1 Å². The van der Waals surface area contributed by atoms with Gasteiger partial charge in [-0.2, -0.15) is 0 Å². The maximum Gasteiger partial charge on any atom is 0.257 e. The molecule has 0 spiro atoms. The van der Waals surface area contributed by atoms with Crippen LogP contribution in [0.25, 0.3) is 0 Å². The molecule has 0 aliphatic carbocycles. The highest BCUT2D eigenvalue weighted by Gasteiger charge is 2.13. The number of hydrogen-bond acceptors (Lipinski definition) is 2. The summed E-state index contributed by atoms with van der Waals surface area (Å²) in [7, 11) is 0.